The van der Waals surface area contributed by atoms with E-state index in [1.807, 2.05) is 11.8 Å². The molecule has 2 atom stereocenters. The average Bonchev–Trinajstić information content (AvgIpc) is 2.68. The Balaban J connectivity index is 2.28. The van der Waals surface area contributed by atoms with E-state index in [1.54, 1.807) is 12.1 Å². The highest BCUT2D eigenvalue weighted by molar-refractivity contribution is 6.33. The third kappa shape index (κ3) is 2.42. The summed E-state index contributed by atoms with van der Waals surface area (Å²) >= 11 is 6.03. The molecule has 1 amide bonds. The van der Waals surface area contributed by atoms with Gasteiger partial charge in [-0.1, -0.05) is 18.5 Å². The Kier molecular flexibility index (Phi) is 3.73. The molecule has 1 fully saturated rings. The molecule has 5 nitrogen and oxygen atoms in total. The summed E-state index contributed by atoms with van der Waals surface area (Å²) in [5.74, 6) is 6.11. The highest BCUT2D eigenvalue weighted by atomic mass is 35.5. The lowest BCUT2D eigenvalue weighted by atomic mass is 10.1. The summed E-state index contributed by atoms with van der Waals surface area (Å²) in [5, 5.41) is 0.353. The maximum absolute atomic E-state index is 12.4. The van der Waals surface area contributed by atoms with Crippen LogP contribution in [0.15, 0.2) is 12.1 Å². The molecular formula is C12H17ClN4O. The van der Waals surface area contributed by atoms with E-state index in [2.05, 4.69) is 17.3 Å². The van der Waals surface area contributed by atoms with Crippen molar-refractivity contribution in [3.8, 4) is 0 Å². The van der Waals surface area contributed by atoms with Crippen LogP contribution in [0.25, 0.3) is 0 Å². The molecule has 1 aromatic heterocycles. The summed E-state index contributed by atoms with van der Waals surface area (Å²) in [4.78, 5) is 18.4. The third-order valence-corrected chi connectivity index (χ3v) is 3.55. The number of nitrogens with one attached hydrogen (secondary N) is 1. The van der Waals surface area contributed by atoms with Gasteiger partial charge in [0.25, 0.3) is 5.91 Å². The van der Waals surface area contributed by atoms with Gasteiger partial charge in [0.05, 0.1) is 5.02 Å². The number of hydrazine groups is 1. The minimum Gasteiger partial charge on any atom is -0.334 e. The van der Waals surface area contributed by atoms with Crippen molar-refractivity contribution in [2.75, 3.05) is 12.0 Å². The van der Waals surface area contributed by atoms with Crippen LogP contribution in [0.3, 0.4) is 0 Å². The Morgan fingerprint density at radius 2 is 2.28 bits per heavy atom. The van der Waals surface area contributed by atoms with Crippen molar-refractivity contribution in [3.63, 3.8) is 0 Å². The molecule has 1 aromatic rings. The van der Waals surface area contributed by atoms with Crippen molar-refractivity contribution in [3.05, 3.63) is 22.8 Å². The minimum absolute atomic E-state index is 0.131. The van der Waals surface area contributed by atoms with Gasteiger partial charge in [-0.2, -0.15) is 0 Å². The first kappa shape index (κ1) is 13.1. The van der Waals surface area contributed by atoms with Gasteiger partial charge in [0.15, 0.2) is 0 Å². The molecule has 1 saturated heterocycles. The van der Waals surface area contributed by atoms with Crippen LogP contribution < -0.4 is 11.3 Å². The fourth-order valence-electron chi connectivity index (χ4n) is 2.39. The zero-order chi connectivity index (χ0) is 13.3. The van der Waals surface area contributed by atoms with Gasteiger partial charge in [0.2, 0.25) is 0 Å². The maximum Gasteiger partial charge on any atom is 0.274 e. The number of pyridine rings is 1. The molecule has 2 unspecified atom stereocenters. The molecule has 2 rings (SSSR count). The van der Waals surface area contributed by atoms with E-state index in [0.717, 1.165) is 13.0 Å². The maximum atomic E-state index is 12.4. The number of halogens is 1. The van der Waals surface area contributed by atoms with Gasteiger partial charge in [-0.05, 0) is 31.4 Å². The first-order valence-corrected chi connectivity index (χ1v) is 6.35. The first-order chi connectivity index (χ1) is 8.52. The van der Waals surface area contributed by atoms with Crippen LogP contribution in [0.4, 0.5) is 5.82 Å². The monoisotopic (exact) mass is 268 g/mol. The smallest absolute Gasteiger partial charge is 0.274 e. The van der Waals surface area contributed by atoms with Gasteiger partial charge in [0.1, 0.15) is 11.5 Å². The number of nitrogen functional groups attached to an aromatic ring is 1. The molecule has 0 saturated carbocycles. The van der Waals surface area contributed by atoms with Crippen molar-refractivity contribution in [2.45, 2.75) is 26.3 Å². The molecule has 0 spiro atoms. The summed E-state index contributed by atoms with van der Waals surface area (Å²) in [6, 6.07) is 3.48. The number of hydrogen-bond acceptors (Lipinski definition) is 4. The highest BCUT2D eigenvalue weighted by Gasteiger charge is 2.32. The fourth-order valence-corrected chi connectivity index (χ4v) is 2.58. The Morgan fingerprint density at radius 3 is 2.83 bits per heavy atom. The van der Waals surface area contributed by atoms with E-state index in [0.29, 0.717) is 16.8 Å². The molecule has 98 valence electrons. The van der Waals surface area contributed by atoms with Crippen molar-refractivity contribution in [2.24, 2.45) is 11.8 Å². The number of anilines is 1. The van der Waals surface area contributed by atoms with Crippen molar-refractivity contribution in [1.29, 1.82) is 0 Å². The third-order valence-electron chi connectivity index (χ3n) is 3.24. The van der Waals surface area contributed by atoms with Crippen molar-refractivity contribution < 1.29 is 4.79 Å². The number of hydrogen-bond donors (Lipinski definition) is 2. The van der Waals surface area contributed by atoms with E-state index < -0.39 is 0 Å². The molecule has 0 radical (unpaired) electrons. The number of nitrogens with two attached hydrogens (primary N) is 1. The van der Waals surface area contributed by atoms with Gasteiger partial charge in [-0.15, -0.1) is 0 Å². The van der Waals surface area contributed by atoms with Gasteiger partial charge in [-0.3, -0.25) is 4.79 Å². The molecule has 3 N–H and O–H groups in total. The lowest BCUT2D eigenvalue weighted by molar-refractivity contribution is 0.0738. The molecule has 2 heterocycles. The minimum atomic E-state index is -0.131. The SMILES string of the molecule is CC1CC(C)N(C(=O)c2nc(NN)ccc2Cl)C1. The Hall–Kier alpha value is -1.33. The van der Waals surface area contributed by atoms with Gasteiger partial charge < -0.3 is 10.3 Å². The number of carbonyl (C=O) groups excluding carboxylic acids is 1. The quantitative estimate of drug-likeness (QED) is 0.635. The first-order valence-electron chi connectivity index (χ1n) is 5.97. The molecule has 6 heteroatoms. The predicted molar refractivity (Wildman–Crippen MR) is 71.3 cm³/mol. The summed E-state index contributed by atoms with van der Waals surface area (Å²) < 4.78 is 0. The Bertz CT molecular complexity index is 465. The number of nitrogens with zero attached hydrogens (tertiary/aromatic N) is 2. The number of carbonyl (C=O) groups is 1. The zero-order valence-electron chi connectivity index (χ0n) is 10.5. The second-order valence-corrected chi connectivity index (χ2v) is 5.23. The Morgan fingerprint density at radius 1 is 1.56 bits per heavy atom. The Labute approximate surface area is 111 Å². The van der Waals surface area contributed by atoms with Gasteiger partial charge in [-0.25, -0.2) is 10.8 Å². The second kappa shape index (κ2) is 5.12. The van der Waals surface area contributed by atoms with Crippen LogP contribution in [0.2, 0.25) is 5.02 Å². The van der Waals surface area contributed by atoms with E-state index in [1.165, 1.54) is 0 Å². The number of amides is 1. The standard InChI is InChI=1S/C12H17ClN4O/c1-7-5-8(2)17(6-7)12(18)11-9(13)3-4-10(15-11)16-14/h3-4,7-8H,5-6,14H2,1-2H3,(H,15,16). The van der Waals surface area contributed by atoms with Crippen LogP contribution in [0.1, 0.15) is 30.8 Å². The summed E-state index contributed by atoms with van der Waals surface area (Å²) in [5.41, 5.74) is 2.68. The second-order valence-electron chi connectivity index (χ2n) is 4.82. The number of likely N-dealkylation sites (tertiary alicyclic amines) is 1. The van der Waals surface area contributed by atoms with E-state index in [-0.39, 0.29) is 17.6 Å². The molecule has 0 aliphatic carbocycles. The fraction of sp³-hybridized carbons (Fsp3) is 0.500. The zero-order valence-corrected chi connectivity index (χ0v) is 11.2. The van der Waals surface area contributed by atoms with Crippen LogP contribution in [0.5, 0.6) is 0 Å². The largest absolute Gasteiger partial charge is 0.334 e. The molecule has 0 aromatic carbocycles. The van der Waals surface area contributed by atoms with Crippen LogP contribution in [0, 0.1) is 5.92 Å². The summed E-state index contributed by atoms with van der Waals surface area (Å²) in [6.07, 6.45) is 1.01. The number of rotatable bonds is 2. The topological polar surface area (TPSA) is 71.2 Å². The molecule has 1 aliphatic heterocycles. The van der Waals surface area contributed by atoms with Crippen LogP contribution >= 0.6 is 11.6 Å². The molecule has 18 heavy (non-hydrogen) atoms. The highest BCUT2D eigenvalue weighted by Crippen LogP contribution is 2.26. The van der Waals surface area contributed by atoms with Crippen molar-refractivity contribution in [1.82, 2.24) is 9.88 Å². The normalized spacial score (nSPS) is 23.2. The summed E-state index contributed by atoms with van der Waals surface area (Å²) in [7, 11) is 0. The molecular weight excluding hydrogens is 252 g/mol. The van der Waals surface area contributed by atoms with Crippen molar-refractivity contribution >= 4 is 23.3 Å². The van der Waals surface area contributed by atoms with Crippen LogP contribution in [-0.2, 0) is 0 Å². The van der Waals surface area contributed by atoms with Gasteiger partial charge >= 0.3 is 0 Å². The molecule has 0 bridgehead atoms. The van der Waals surface area contributed by atoms with E-state index >= 15 is 0 Å². The lowest BCUT2D eigenvalue weighted by Gasteiger charge is -2.21. The lowest BCUT2D eigenvalue weighted by Crippen LogP contribution is -2.34. The number of aromatic nitrogens is 1. The van der Waals surface area contributed by atoms with E-state index in [9.17, 15) is 4.79 Å². The van der Waals surface area contributed by atoms with Crippen LogP contribution in [-0.4, -0.2) is 28.4 Å². The average molecular weight is 269 g/mol. The molecule has 1 aliphatic rings. The van der Waals surface area contributed by atoms with Gasteiger partial charge in [0, 0.05) is 12.6 Å². The van der Waals surface area contributed by atoms with E-state index in [4.69, 9.17) is 17.4 Å². The summed E-state index contributed by atoms with van der Waals surface area (Å²) in [6.45, 7) is 4.93. The predicted octanol–water partition coefficient (Wildman–Crippen LogP) is 1.89.